The van der Waals surface area contributed by atoms with Gasteiger partial charge in [-0.3, -0.25) is 4.79 Å². The molecule has 18 heavy (non-hydrogen) atoms. The van der Waals surface area contributed by atoms with Gasteiger partial charge in [0.25, 0.3) is 0 Å². The zero-order chi connectivity index (χ0) is 12.9. The molecule has 1 N–H and O–H groups in total. The van der Waals surface area contributed by atoms with Crippen LogP contribution in [0.25, 0.3) is 0 Å². The molecular formula is C16H27NO. The fourth-order valence-electron chi connectivity index (χ4n) is 4.86. The van der Waals surface area contributed by atoms with Crippen LogP contribution >= 0.6 is 0 Å². The Morgan fingerprint density at radius 2 is 1.56 bits per heavy atom. The van der Waals surface area contributed by atoms with Crippen LogP contribution in [0.3, 0.4) is 0 Å². The fourth-order valence-corrected chi connectivity index (χ4v) is 4.86. The summed E-state index contributed by atoms with van der Waals surface area (Å²) in [5, 5.41) is 3.29. The molecule has 4 fully saturated rings. The van der Waals surface area contributed by atoms with E-state index in [9.17, 15) is 4.79 Å². The molecule has 0 aromatic carbocycles. The zero-order valence-corrected chi connectivity index (χ0v) is 12.0. The minimum absolute atomic E-state index is 0.0360. The van der Waals surface area contributed by atoms with Gasteiger partial charge >= 0.3 is 0 Å². The monoisotopic (exact) mass is 249 g/mol. The molecule has 0 atom stereocenters. The van der Waals surface area contributed by atoms with Gasteiger partial charge < -0.3 is 5.32 Å². The van der Waals surface area contributed by atoms with Gasteiger partial charge in [-0.15, -0.1) is 0 Å². The van der Waals surface area contributed by atoms with Crippen molar-refractivity contribution in [2.75, 3.05) is 0 Å². The maximum atomic E-state index is 12.6. The molecular weight excluding hydrogens is 222 g/mol. The highest BCUT2D eigenvalue weighted by Gasteiger charge is 2.51. The second-order valence-electron chi connectivity index (χ2n) is 7.68. The third-order valence-corrected chi connectivity index (χ3v) is 5.87. The zero-order valence-electron chi connectivity index (χ0n) is 12.0. The second-order valence-corrected chi connectivity index (χ2v) is 7.68. The van der Waals surface area contributed by atoms with Crippen LogP contribution in [0.5, 0.6) is 0 Å². The molecule has 0 aromatic heterocycles. The first kappa shape index (κ1) is 12.5. The molecule has 0 aromatic rings. The molecule has 0 heterocycles. The fraction of sp³-hybridized carbons (Fsp3) is 0.938. The van der Waals surface area contributed by atoms with Crippen molar-refractivity contribution in [3.63, 3.8) is 0 Å². The van der Waals surface area contributed by atoms with Crippen molar-refractivity contribution in [1.82, 2.24) is 5.32 Å². The van der Waals surface area contributed by atoms with Crippen molar-refractivity contribution >= 4 is 5.91 Å². The lowest BCUT2D eigenvalue weighted by Gasteiger charge is -2.54. The molecule has 0 radical (unpaired) electrons. The van der Waals surface area contributed by atoms with Crippen molar-refractivity contribution in [2.45, 2.75) is 64.8 Å². The van der Waals surface area contributed by atoms with E-state index in [4.69, 9.17) is 0 Å². The van der Waals surface area contributed by atoms with Crippen molar-refractivity contribution in [3.05, 3.63) is 0 Å². The number of nitrogens with one attached hydrogen (secondary N) is 1. The molecule has 2 heteroatoms. The lowest BCUT2D eigenvalue weighted by Crippen LogP contribution is -2.54. The molecule has 0 saturated heterocycles. The quantitative estimate of drug-likeness (QED) is 0.816. The molecule has 4 rings (SSSR count). The molecule has 4 bridgehead atoms. The third kappa shape index (κ3) is 2.08. The minimum Gasteiger partial charge on any atom is -0.351 e. The summed E-state index contributed by atoms with van der Waals surface area (Å²) in [7, 11) is 0. The van der Waals surface area contributed by atoms with E-state index in [0.29, 0.717) is 23.7 Å². The van der Waals surface area contributed by atoms with Gasteiger partial charge in [-0.2, -0.15) is 0 Å². The molecule has 102 valence electrons. The predicted molar refractivity (Wildman–Crippen MR) is 73.0 cm³/mol. The Bertz CT molecular complexity index is 319. The summed E-state index contributed by atoms with van der Waals surface area (Å²) >= 11 is 0. The largest absolute Gasteiger partial charge is 0.351 e. The summed E-state index contributed by atoms with van der Waals surface area (Å²) in [4.78, 5) is 12.6. The summed E-state index contributed by atoms with van der Waals surface area (Å²) < 4.78 is 0. The molecule has 4 aliphatic carbocycles. The highest BCUT2D eigenvalue weighted by molar-refractivity contribution is 5.80. The van der Waals surface area contributed by atoms with Gasteiger partial charge in [0.15, 0.2) is 0 Å². The van der Waals surface area contributed by atoms with Crippen LogP contribution in [0.1, 0.15) is 59.3 Å². The van der Waals surface area contributed by atoms with E-state index in [-0.39, 0.29) is 5.54 Å². The Kier molecular flexibility index (Phi) is 2.95. The molecule has 0 unspecified atom stereocenters. The van der Waals surface area contributed by atoms with Gasteiger partial charge in [-0.1, -0.05) is 6.92 Å². The number of rotatable bonds is 3. The van der Waals surface area contributed by atoms with Crippen molar-refractivity contribution in [3.8, 4) is 0 Å². The average Bonchev–Trinajstić information content (AvgIpc) is 2.26. The first-order chi connectivity index (χ1) is 8.48. The van der Waals surface area contributed by atoms with Crippen LogP contribution in [0.15, 0.2) is 0 Å². The van der Waals surface area contributed by atoms with Crippen molar-refractivity contribution in [1.29, 1.82) is 0 Å². The Morgan fingerprint density at radius 3 is 2.00 bits per heavy atom. The van der Waals surface area contributed by atoms with Crippen LogP contribution in [0.2, 0.25) is 0 Å². The lowest BCUT2D eigenvalue weighted by molar-refractivity contribution is -0.139. The smallest absolute Gasteiger partial charge is 0.224 e. The van der Waals surface area contributed by atoms with E-state index in [2.05, 4.69) is 26.1 Å². The first-order valence-corrected chi connectivity index (χ1v) is 7.80. The van der Waals surface area contributed by atoms with E-state index in [0.717, 1.165) is 18.3 Å². The molecule has 1 amide bonds. The molecule has 0 spiro atoms. The van der Waals surface area contributed by atoms with Crippen LogP contribution in [-0.4, -0.2) is 11.4 Å². The Morgan fingerprint density at radius 1 is 1.06 bits per heavy atom. The predicted octanol–water partition coefficient (Wildman–Crippen LogP) is 3.36. The lowest BCUT2D eigenvalue weighted by atomic mass is 9.51. The summed E-state index contributed by atoms with van der Waals surface area (Å²) in [5.41, 5.74) is -0.0360. The summed E-state index contributed by atoms with van der Waals surface area (Å²) in [6.07, 6.45) is 7.79. The van der Waals surface area contributed by atoms with E-state index in [1.165, 1.54) is 32.1 Å². The highest BCUT2D eigenvalue weighted by Crippen LogP contribution is 2.56. The van der Waals surface area contributed by atoms with Crippen LogP contribution in [-0.2, 0) is 4.79 Å². The summed E-state index contributed by atoms with van der Waals surface area (Å²) in [6.45, 7) is 6.43. The van der Waals surface area contributed by atoms with E-state index >= 15 is 0 Å². The Balaban J connectivity index is 1.71. The Hall–Kier alpha value is -0.530. The van der Waals surface area contributed by atoms with Gasteiger partial charge in [-0.05, 0) is 76.0 Å². The van der Waals surface area contributed by atoms with Crippen LogP contribution in [0.4, 0.5) is 0 Å². The van der Waals surface area contributed by atoms with Gasteiger partial charge in [0.2, 0.25) is 5.91 Å². The van der Waals surface area contributed by atoms with Crippen molar-refractivity contribution < 1.29 is 4.79 Å². The summed E-state index contributed by atoms with van der Waals surface area (Å²) in [6, 6.07) is 0. The SMILES string of the molecule is CCC(C)(C)NC(=O)C1C2CC3CC(C2)CC1C3. The van der Waals surface area contributed by atoms with Crippen LogP contribution < -0.4 is 5.32 Å². The number of hydrogen-bond acceptors (Lipinski definition) is 1. The van der Waals surface area contributed by atoms with Gasteiger partial charge in [0.05, 0.1) is 0 Å². The normalized spacial score (nSPS) is 42.1. The Labute approximate surface area is 111 Å². The average molecular weight is 249 g/mol. The number of amides is 1. The second kappa shape index (κ2) is 4.25. The maximum Gasteiger partial charge on any atom is 0.224 e. The minimum atomic E-state index is -0.0360. The van der Waals surface area contributed by atoms with Crippen molar-refractivity contribution in [2.24, 2.45) is 29.6 Å². The van der Waals surface area contributed by atoms with Crippen LogP contribution in [0, 0.1) is 29.6 Å². The van der Waals surface area contributed by atoms with Gasteiger partial charge in [0, 0.05) is 11.5 Å². The van der Waals surface area contributed by atoms with E-state index < -0.39 is 0 Å². The molecule has 4 saturated carbocycles. The number of carbonyl (C=O) groups is 1. The highest BCUT2D eigenvalue weighted by atomic mass is 16.2. The van der Waals surface area contributed by atoms with E-state index in [1.54, 1.807) is 0 Å². The number of carbonyl (C=O) groups excluding carboxylic acids is 1. The topological polar surface area (TPSA) is 29.1 Å². The standard InChI is InChI=1S/C16H27NO/c1-4-16(2,3)17-15(18)14-12-6-10-5-11(8-12)9-13(14)7-10/h10-14H,4-9H2,1-3H3,(H,17,18). The molecule has 4 aliphatic rings. The van der Waals surface area contributed by atoms with Gasteiger partial charge in [-0.25, -0.2) is 0 Å². The first-order valence-electron chi connectivity index (χ1n) is 7.80. The molecule has 2 nitrogen and oxygen atoms in total. The van der Waals surface area contributed by atoms with E-state index in [1.807, 2.05) is 0 Å². The number of hydrogen-bond donors (Lipinski definition) is 1. The maximum absolute atomic E-state index is 12.6. The third-order valence-electron chi connectivity index (χ3n) is 5.87. The van der Waals surface area contributed by atoms with Gasteiger partial charge in [0.1, 0.15) is 0 Å². The summed E-state index contributed by atoms with van der Waals surface area (Å²) in [5.74, 6) is 4.01. The molecule has 0 aliphatic heterocycles.